The van der Waals surface area contributed by atoms with Crippen LogP contribution in [0.5, 0.6) is 5.75 Å². The molecule has 0 aromatic heterocycles. The smallest absolute Gasteiger partial charge is 0.313 e. The fraction of sp³-hybridized carbons (Fsp3) is 0.417. The average Bonchev–Trinajstić information content (AvgIpc) is 2.79. The van der Waals surface area contributed by atoms with Gasteiger partial charge in [-0.05, 0) is 68.8 Å². The van der Waals surface area contributed by atoms with Crippen molar-refractivity contribution < 1.29 is 14.3 Å². The number of anilines is 2. The molecule has 1 saturated heterocycles. The molecule has 7 heteroatoms. The molecule has 0 unspecified atom stereocenters. The van der Waals surface area contributed by atoms with Gasteiger partial charge in [0.2, 0.25) is 0 Å². The summed E-state index contributed by atoms with van der Waals surface area (Å²) in [6.07, 6.45) is 1.62. The first-order valence-electron chi connectivity index (χ1n) is 10.9. The molecule has 166 valence electrons. The van der Waals surface area contributed by atoms with Gasteiger partial charge in [0.25, 0.3) is 0 Å². The average molecular weight is 425 g/mol. The Labute approximate surface area is 184 Å². The van der Waals surface area contributed by atoms with Crippen molar-refractivity contribution in [1.29, 1.82) is 0 Å². The van der Waals surface area contributed by atoms with Crippen molar-refractivity contribution in [2.24, 2.45) is 0 Å². The Kier molecular flexibility index (Phi) is 8.29. The zero-order valence-corrected chi connectivity index (χ0v) is 18.4. The molecule has 3 rings (SSSR count). The minimum atomic E-state index is -0.666. The number of carbonyl (C=O) groups is 2. The molecule has 2 N–H and O–H groups in total. The van der Waals surface area contributed by atoms with E-state index in [1.165, 1.54) is 11.3 Å². The lowest BCUT2D eigenvalue weighted by Gasteiger charge is -2.34. The van der Waals surface area contributed by atoms with E-state index in [0.29, 0.717) is 18.8 Å². The van der Waals surface area contributed by atoms with Gasteiger partial charge in [0.05, 0.1) is 6.61 Å². The molecule has 0 atom stereocenters. The monoisotopic (exact) mass is 424 g/mol. The van der Waals surface area contributed by atoms with Crippen LogP contribution in [0.15, 0.2) is 48.5 Å². The van der Waals surface area contributed by atoms with E-state index in [9.17, 15) is 9.59 Å². The van der Waals surface area contributed by atoms with Crippen molar-refractivity contribution in [2.75, 3.05) is 56.6 Å². The second-order valence-corrected chi connectivity index (χ2v) is 7.73. The Morgan fingerprint density at radius 1 is 0.935 bits per heavy atom. The van der Waals surface area contributed by atoms with Crippen LogP contribution in [0.4, 0.5) is 11.4 Å². The maximum atomic E-state index is 12.0. The second kappa shape index (κ2) is 11.4. The molecule has 1 fully saturated rings. The number of aryl methyl sites for hydroxylation is 1. The van der Waals surface area contributed by atoms with Crippen LogP contribution in [0.1, 0.15) is 18.9 Å². The number of rotatable bonds is 8. The lowest BCUT2D eigenvalue weighted by molar-refractivity contribution is -0.136. The highest BCUT2D eigenvalue weighted by molar-refractivity contribution is 6.39. The highest BCUT2D eigenvalue weighted by Crippen LogP contribution is 2.18. The predicted molar refractivity (Wildman–Crippen MR) is 124 cm³/mol. The van der Waals surface area contributed by atoms with E-state index in [1.54, 1.807) is 24.3 Å². The summed E-state index contributed by atoms with van der Waals surface area (Å²) in [5.41, 5.74) is 3.05. The highest BCUT2D eigenvalue weighted by Gasteiger charge is 2.14. The van der Waals surface area contributed by atoms with Gasteiger partial charge in [-0.25, -0.2) is 0 Å². The third kappa shape index (κ3) is 7.00. The molecule has 0 spiro atoms. The van der Waals surface area contributed by atoms with Crippen LogP contribution < -0.4 is 20.3 Å². The second-order valence-electron chi connectivity index (χ2n) is 7.73. The molecule has 2 aromatic rings. The van der Waals surface area contributed by atoms with Crippen molar-refractivity contribution in [3.05, 3.63) is 54.1 Å². The number of likely N-dealkylation sites (N-methyl/N-ethyl adjacent to an activating group) is 1. The Hall–Kier alpha value is -3.06. The number of nitrogens with one attached hydrogen (secondary N) is 2. The first kappa shape index (κ1) is 22.6. The summed E-state index contributed by atoms with van der Waals surface area (Å²) in [5.74, 6) is -0.568. The van der Waals surface area contributed by atoms with Crippen LogP contribution in [-0.4, -0.2) is 63.1 Å². The molecule has 1 aliphatic heterocycles. The normalized spacial score (nSPS) is 14.2. The lowest BCUT2D eigenvalue weighted by Crippen LogP contribution is -2.44. The van der Waals surface area contributed by atoms with Crippen molar-refractivity contribution in [2.45, 2.75) is 19.8 Å². The van der Waals surface area contributed by atoms with Crippen molar-refractivity contribution in [3.8, 4) is 5.75 Å². The lowest BCUT2D eigenvalue weighted by atomic mass is 10.1. The molecule has 2 aromatic carbocycles. The van der Waals surface area contributed by atoms with Gasteiger partial charge in [0.15, 0.2) is 0 Å². The molecule has 7 nitrogen and oxygen atoms in total. The van der Waals surface area contributed by atoms with Crippen molar-refractivity contribution in [3.63, 3.8) is 0 Å². The summed E-state index contributed by atoms with van der Waals surface area (Å²) in [4.78, 5) is 28.8. The third-order valence-electron chi connectivity index (χ3n) is 5.36. The number of hydrogen-bond acceptors (Lipinski definition) is 5. The van der Waals surface area contributed by atoms with E-state index < -0.39 is 11.8 Å². The zero-order chi connectivity index (χ0) is 22.1. The van der Waals surface area contributed by atoms with Crippen LogP contribution in [0.25, 0.3) is 0 Å². The number of benzene rings is 2. The number of amides is 2. The summed E-state index contributed by atoms with van der Waals surface area (Å²) < 4.78 is 5.36. The van der Waals surface area contributed by atoms with Crippen LogP contribution in [0.2, 0.25) is 0 Å². The van der Waals surface area contributed by atoms with Gasteiger partial charge in [-0.3, -0.25) is 9.59 Å². The summed E-state index contributed by atoms with van der Waals surface area (Å²) in [5, 5.41) is 5.28. The summed E-state index contributed by atoms with van der Waals surface area (Å²) in [7, 11) is 2.16. The molecule has 31 heavy (non-hydrogen) atoms. The molecule has 0 aliphatic carbocycles. The van der Waals surface area contributed by atoms with E-state index in [4.69, 9.17) is 4.74 Å². The van der Waals surface area contributed by atoms with E-state index in [2.05, 4.69) is 51.7 Å². The minimum absolute atomic E-state index is 0.454. The molecule has 2 amide bonds. The van der Waals surface area contributed by atoms with E-state index in [0.717, 1.165) is 44.8 Å². The SMILES string of the molecule is CCOc1ccc(NC(=O)C(=O)NCCCc2ccc(N3CCN(C)CC3)cc2)cc1. The van der Waals surface area contributed by atoms with E-state index in [1.807, 2.05) is 6.92 Å². The van der Waals surface area contributed by atoms with Gasteiger partial charge < -0.3 is 25.2 Å². The first-order chi connectivity index (χ1) is 15.0. The molecule has 0 saturated carbocycles. The molecular formula is C24H32N4O3. The number of nitrogens with zero attached hydrogens (tertiary/aromatic N) is 2. The van der Waals surface area contributed by atoms with Gasteiger partial charge in [0, 0.05) is 44.1 Å². The zero-order valence-electron chi connectivity index (χ0n) is 18.4. The molecule has 0 bridgehead atoms. The number of carbonyl (C=O) groups excluding carboxylic acids is 2. The number of ether oxygens (including phenoxy) is 1. The fourth-order valence-corrected chi connectivity index (χ4v) is 3.50. The standard InChI is InChI=1S/C24H32N4O3/c1-3-31-22-12-8-20(9-13-22)26-24(30)23(29)25-14-4-5-19-6-10-21(11-7-19)28-17-15-27(2)16-18-28/h6-13H,3-5,14-18H2,1-2H3,(H,25,29)(H,26,30). The predicted octanol–water partition coefficient (Wildman–Crippen LogP) is 2.52. The number of piperazine rings is 1. The van der Waals surface area contributed by atoms with Gasteiger partial charge in [-0.2, -0.15) is 0 Å². The topological polar surface area (TPSA) is 73.9 Å². The maximum Gasteiger partial charge on any atom is 0.313 e. The van der Waals surface area contributed by atoms with Crippen molar-refractivity contribution in [1.82, 2.24) is 10.2 Å². The third-order valence-corrected chi connectivity index (χ3v) is 5.36. The van der Waals surface area contributed by atoms with Crippen LogP contribution >= 0.6 is 0 Å². The van der Waals surface area contributed by atoms with Crippen molar-refractivity contribution >= 4 is 23.2 Å². The maximum absolute atomic E-state index is 12.0. The van der Waals surface area contributed by atoms with Gasteiger partial charge in [-0.1, -0.05) is 12.1 Å². The van der Waals surface area contributed by atoms with Crippen LogP contribution in [0.3, 0.4) is 0 Å². The Bertz CT molecular complexity index is 844. The number of hydrogen-bond donors (Lipinski definition) is 2. The summed E-state index contributed by atoms with van der Waals surface area (Å²) in [6.45, 7) is 7.23. The van der Waals surface area contributed by atoms with Gasteiger partial charge >= 0.3 is 11.8 Å². The Morgan fingerprint density at radius 3 is 2.26 bits per heavy atom. The Morgan fingerprint density at radius 2 is 1.61 bits per heavy atom. The molecule has 0 radical (unpaired) electrons. The van der Waals surface area contributed by atoms with E-state index in [-0.39, 0.29) is 0 Å². The fourth-order valence-electron chi connectivity index (χ4n) is 3.50. The van der Waals surface area contributed by atoms with E-state index >= 15 is 0 Å². The largest absolute Gasteiger partial charge is 0.494 e. The van der Waals surface area contributed by atoms with Crippen LogP contribution in [-0.2, 0) is 16.0 Å². The molecule has 1 heterocycles. The highest BCUT2D eigenvalue weighted by atomic mass is 16.5. The Balaban J connectivity index is 1.36. The minimum Gasteiger partial charge on any atom is -0.494 e. The molecule has 1 aliphatic rings. The summed E-state index contributed by atoms with van der Waals surface area (Å²) in [6, 6.07) is 15.6. The van der Waals surface area contributed by atoms with Gasteiger partial charge in [-0.15, -0.1) is 0 Å². The first-order valence-corrected chi connectivity index (χ1v) is 10.9. The molecular weight excluding hydrogens is 392 g/mol. The van der Waals surface area contributed by atoms with Gasteiger partial charge in [0.1, 0.15) is 5.75 Å². The quantitative estimate of drug-likeness (QED) is 0.503. The van der Waals surface area contributed by atoms with Crippen LogP contribution in [0, 0.1) is 0 Å². The summed E-state index contributed by atoms with van der Waals surface area (Å²) >= 11 is 0.